The van der Waals surface area contributed by atoms with Crippen molar-refractivity contribution in [3.63, 3.8) is 0 Å². The molecule has 2 radical (unpaired) electrons. The van der Waals surface area contributed by atoms with E-state index in [1.807, 2.05) is 66.7 Å². The number of benzene rings is 2. The minimum Gasteiger partial charge on any atom is 0 e. The summed E-state index contributed by atoms with van der Waals surface area (Å²) >= 11 is 0. The molecule has 2 aliphatic rings. The maximum absolute atomic E-state index is 12.1. The summed E-state index contributed by atoms with van der Waals surface area (Å²) in [4.78, 5) is 24.2. The van der Waals surface area contributed by atoms with Gasteiger partial charge in [-0.15, -0.1) is 0 Å². The first-order valence-electron chi connectivity index (χ1n) is 17.3. The van der Waals surface area contributed by atoms with E-state index in [0.717, 1.165) is 24.0 Å². The van der Waals surface area contributed by atoms with Gasteiger partial charge in [0.25, 0.3) is 0 Å². The molecule has 15 nitrogen and oxygen atoms in total. The molecule has 2 aromatic carbocycles. The molecule has 326 valence electrons. The van der Waals surface area contributed by atoms with Gasteiger partial charge in [0.2, 0.25) is 0 Å². The first-order valence-corrected chi connectivity index (χ1v) is 17.3. The topological polar surface area (TPSA) is 229 Å². The molecule has 60 heavy (non-hydrogen) atoms. The predicted molar refractivity (Wildman–Crippen MR) is 195 cm³/mol. The molecule has 2 heterocycles. The molecule has 2 saturated heterocycles. The minimum absolute atomic E-state index is 0. The van der Waals surface area contributed by atoms with Crippen LogP contribution in [0.3, 0.4) is 0 Å². The number of allylic oxidation sites excluding steroid dienone is 1. The second-order valence-corrected chi connectivity index (χ2v) is 11.7. The van der Waals surface area contributed by atoms with Crippen molar-refractivity contribution in [1.29, 1.82) is 0 Å². The average Bonchev–Trinajstić information content (AvgIpc) is 3.28. The molecule has 2 fully saturated rings. The summed E-state index contributed by atoms with van der Waals surface area (Å²) in [6.07, 6.45) is 3.40. The minimum atomic E-state index is -0.810. The largest absolute Gasteiger partial charge is 0 e. The van der Waals surface area contributed by atoms with Crippen LogP contribution in [0.1, 0.15) is 63.5 Å². The van der Waals surface area contributed by atoms with Crippen molar-refractivity contribution in [2.45, 2.75) is 108 Å². The van der Waals surface area contributed by atoms with Crippen LogP contribution in [0, 0.1) is 51.7 Å². The van der Waals surface area contributed by atoms with Crippen LogP contribution in [0.25, 0.3) is 0 Å². The van der Waals surface area contributed by atoms with Crippen molar-refractivity contribution in [3.05, 3.63) is 124 Å². The van der Waals surface area contributed by atoms with Crippen molar-refractivity contribution < 1.29 is 105 Å². The van der Waals surface area contributed by atoms with Crippen LogP contribution in [0.5, 0.6) is 0 Å². The molecule has 0 spiro atoms. The first-order chi connectivity index (χ1) is 28.4. The zero-order valence-corrected chi connectivity index (χ0v) is 35.0. The Morgan fingerprint density at radius 1 is 0.817 bits per heavy atom. The molecule has 2 aliphatic heterocycles. The molecule has 0 amide bonds. The van der Waals surface area contributed by atoms with E-state index in [2.05, 4.69) is 51.7 Å². The van der Waals surface area contributed by atoms with E-state index in [4.69, 9.17) is 56.3 Å². The number of aliphatic hydroxyl groups is 1. The molecular formula is C43H46Co2O15. The van der Waals surface area contributed by atoms with Gasteiger partial charge in [0.05, 0.1) is 44.2 Å². The van der Waals surface area contributed by atoms with E-state index in [0.29, 0.717) is 39.1 Å². The van der Waals surface area contributed by atoms with Crippen LogP contribution < -0.4 is 0 Å². The Labute approximate surface area is 372 Å². The predicted octanol–water partition coefficient (Wildman–Crippen LogP) is 4.85. The second kappa shape index (κ2) is 46.0. The zero-order chi connectivity index (χ0) is 44.6. The fourth-order valence-corrected chi connectivity index (χ4v) is 5.64. The SMILES string of the molecule is CC(=O)OC(C#C/C=C\C[C@H]1OCCC[C@@H]1O)C[C@@H](OCc1ccccc1)[C@@H]1O[C@H](COCc2ccccc2)CC[C@H]1OC(C)=O.[C-]#[O+].[C-]#[O+].[C-]#[O+].[C-]#[O+].[C-]#[O+].[C-]#[O+].[Co].[Co]. The molecule has 0 saturated carbocycles. The molecule has 7 atom stereocenters. The Hall–Kier alpha value is -4.07. The monoisotopic (exact) mass is 920 g/mol. The van der Waals surface area contributed by atoms with E-state index in [1.165, 1.54) is 13.8 Å². The normalized spacial score (nSPS) is 18.9. The molecule has 17 heteroatoms. The Kier molecular flexibility index (Phi) is 49.9. The quantitative estimate of drug-likeness (QED) is 0.118. The number of carbonyl (C=O) groups is 2. The molecule has 0 bridgehead atoms. The number of rotatable bonds is 14. The molecule has 1 N–H and O–H groups in total. The van der Waals surface area contributed by atoms with Crippen LogP contribution in [0.15, 0.2) is 72.8 Å². The number of ether oxygens (including phenoxy) is 6. The van der Waals surface area contributed by atoms with Gasteiger partial charge in [0, 0.05) is 60.4 Å². The summed E-state index contributed by atoms with van der Waals surface area (Å²) in [6, 6.07) is 19.6. The zero-order valence-electron chi connectivity index (χ0n) is 32.9. The van der Waals surface area contributed by atoms with E-state index in [-0.39, 0.29) is 58.8 Å². The van der Waals surface area contributed by atoms with Gasteiger partial charge in [-0.25, -0.2) is 0 Å². The van der Waals surface area contributed by atoms with Crippen molar-refractivity contribution in [2.75, 3.05) is 13.2 Å². The Morgan fingerprint density at radius 3 is 1.88 bits per heavy atom. The van der Waals surface area contributed by atoms with Gasteiger partial charge in [-0.2, -0.15) is 0 Å². The van der Waals surface area contributed by atoms with Crippen LogP contribution >= 0.6 is 0 Å². The van der Waals surface area contributed by atoms with Crippen LogP contribution in [-0.2, 0) is 113 Å². The smallest absolute Gasteiger partial charge is 0 e. The van der Waals surface area contributed by atoms with Gasteiger partial charge in [0.1, 0.15) is 12.2 Å². The third-order valence-electron chi connectivity index (χ3n) is 7.87. The van der Waals surface area contributed by atoms with Gasteiger partial charge < -0.3 is 33.5 Å². The Bertz CT molecular complexity index is 1530. The Balaban J connectivity index is -0.000000661. The average molecular weight is 921 g/mol. The number of hydrogen-bond donors (Lipinski definition) is 1. The summed E-state index contributed by atoms with van der Waals surface area (Å²) in [5.74, 6) is 5.13. The van der Waals surface area contributed by atoms with E-state index >= 15 is 0 Å². The van der Waals surface area contributed by atoms with E-state index < -0.39 is 42.5 Å². The summed E-state index contributed by atoms with van der Waals surface area (Å²) < 4.78 is 81.0. The van der Waals surface area contributed by atoms with Gasteiger partial charge >= 0.3 is 79.8 Å². The fraction of sp³-hybridized carbons (Fsp3) is 0.442. The second-order valence-electron chi connectivity index (χ2n) is 11.7. The van der Waals surface area contributed by atoms with Gasteiger partial charge in [-0.3, -0.25) is 9.59 Å². The maximum Gasteiger partial charge on any atom is 0 e. The maximum atomic E-state index is 12.1. The van der Waals surface area contributed by atoms with Crippen molar-refractivity contribution in [1.82, 2.24) is 0 Å². The molecule has 2 aromatic rings. The van der Waals surface area contributed by atoms with E-state index in [1.54, 1.807) is 6.08 Å². The molecular weight excluding hydrogens is 874 g/mol. The first kappa shape index (κ1) is 65.1. The summed E-state index contributed by atoms with van der Waals surface area (Å²) in [6.45, 7) is 31.4. The number of carbonyl (C=O) groups excluding carboxylic acids is 2. The van der Waals surface area contributed by atoms with Crippen molar-refractivity contribution in [2.24, 2.45) is 0 Å². The number of hydrogen-bond acceptors (Lipinski definition) is 9. The van der Waals surface area contributed by atoms with Gasteiger partial charge in [-0.05, 0) is 49.3 Å². The van der Waals surface area contributed by atoms with Crippen LogP contribution in [-0.4, -0.2) is 73.0 Å². The number of esters is 2. The standard InChI is InChI=1S/C37H46O9.6CO.2Co/c1-27(38)44-31(17-10-5-11-19-34-33(40)18-12-22-42-34)23-36(43-25-30-15-8-4-9-16-30)37-35(45-28(2)39)21-20-32(46-37)26-41-24-29-13-6-3-7-14-29;6*1-2;;/h3-9,11,13-16,31-37,40H,12,18-26H2,1-2H3;;;;;;;;/b11-5-;;;;;;;;/t31?,32-,33-,34+,35+,36+,37+;;;;;;;;/m0......../s1. The fourth-order valence-electron chi connectivity index (χ4n) is 5.64. The summed E-state index contributed by atoms with van der Waals surface area (Å²) in [7, 11) is 0. The summed E-state index contributed by atoms with van der Waals surface area (Å²) in [5, 5.41) is 10.1. The summed E-state index contributed by atoms with van der Waals surface area (Å²) in [5.41, 5.74) is 2.02. The third-order valence-corrected chi connectivity index (χ3v) is 7.87. The molecule has 0 aliphatic carbocycles. The van der Waals surface area contributed by atoms with Crippen molar-refractivity contribution >= 4 is 11.9 Å². The van der Waals surface area contributed by atoms with Gasteiger partial charge in [0.15, 0.2) is 6.10 Å². The number of aliphatic hydroxyl groups excluding tert-OH is 1. The van der Waals surface area contributed by atoms with Crippen molar-refractivity contribution in [3.8, 4) is 11.8 Å². The third kappa shape index (κ3) is 30.0. The van der Waals surface area contributed by atoms with E-state index in [9.17, 15) is 14.7 Å². The van der Waals surface area contributed by atoms with Crippen LogP contribution in [0.2, 0.25) is 0 Å². The molecule has 0 aromatic heterocycles. The molecule has 1 unspecified atom stereocenters. The van der Waals surface area contributed by atoms with Gasteiger partial charge in [-0.1, -0.05) is 78.6 Å². The molecule has 4 rings (SSSR count). The van der Waals surface area contributed by atoms with Crippen LogP contribution in [0.4, 0.5) is 0 Å². The Morgan fingerprint density at radius 2 is 1.37 bits per heavy atom.